The van der Waals surface area contributed by atoms with Crippen LogP contribution in [-0.2, 0) is 16.0 Å². The number of carbonyl (C=O) groups excluding carboxylic acids is 2. The molecular weight excluding hydrogens is 377 g/mol. The van der Waals surface area contributed by atoms with E-state index in [1.165, 1.54) is 17.7 Å². The normalized spacial score (nSPS) is 10.2. The lowest BCUT2D eigenvalue weighted by atomic mass is 10.1. The van der Waals surface area contributed by atoms with E-state index >= 15 is 0 Å². The minimum absolute atomic E-state index is 0.174. The summed E-state index contributed by atoms with van der Waals surface area (Å²) in [5.41, 5.74) is 1.38. The fourth-order valence-electron chi connectivity index (χ4n) is 2.08. The maximum absolute atomic E-state index is 13.0. The van der Waals surface area contributed by atoms with Crippen LogP contribution in [0.25, 0.3) is 0 Å². The second kappa shape index (κ2) is 9.17. The van der Waals surface area contributed by atoms with Crippen LogP contribution in [-0.4, -0.2) is 25.0 Å². The minimum Gasteiger partial charge on any atom is -0.452 e. The molecule has 6 heteroatoms. The lowest BCUT2D eigenvalue weighted by Crippen LogP contribution is -2.29. The Bertz CT molecular complexity index is 707. The van der Waals surface area contributed by atoms with Gasteiger partial charge in [-0.25, -0.2) is 9.18 Å². The molecule has 1 amide bonds. The molecule has 2 aromatic carbocycles. The van der Waals surface area contributed by atoms with Gasteiger partial charge in [-0.2, -0.15) is 0 Å². The van der Waals surface area contributed by atoms with E-state index in [1.807, 2.05) is 30.3 Å². The first kappa shape index (κ1) is 18.1. The van der Waals surface area contributed by atoms with Crippen molar-refractivity contribution >= 4 is 27.8 Å². The van der Waals surface area contributed by atoms with E-state index in [4.69, 9.17) is 4.74 Å². The van der Waals surface area contributed by atoms with Gasteiger partial charge in [0.25, 0.3) is 5.91 Å². The first-order valence-corrected chi connectivity index (χ1v) is 8.28. The number of benzene rings is 2. The molecule has 0 aliphatic heterocycles. The van der Waals surface area contributed by atoms with Gasteiger partial charge in [0.05, 0.1) is 5.56 Å². The summed E-state index contributed by atoms with van der Waals surface area (Å²) < 4.78 is 18.2. The van der Waals surface area contributed by atoms with Gasteiger partial charge in [0.2, 0.25) is 0 Å². The van der Waals surface area contributed by atoms with E-state index in [9.17, 15) is 14.0 Å². The van der Waals surface area contributed by atoms with Crippen molar-refractivity contribution in [3.8, 4) is 0 Å². The average Bonchev–Trinajstić information content (AvgIpc) is 2.57. The second-order valence-corrected chi connectivity index (χ2v) is 5.99. The molecule has 0 radical (unpaired) electrons. The topological polar surface area (TPSA) is 55.4 Å². The molecule has 0 spiro atoms. The zero-order valence-corrected chi connectivity index (χ0v) is 14.5. The van der Waals surface area contributed by atoms with Crippen LogP contribution in [0.1, 0.15) is 22.3 Å². The SMILES string of the molecule is O=C(COC(=O)c1ccc(F)cc1Br)NCCCc1ccccc1. The average molecular weight is 394 g/mol. The van der Waals surface area contributed by atoms with Crippen molar-refractivity contribution in [2.24, 2.45) is 0 Å². The minimum atomic E-state index is -0.679. The molecule has 0 bridgehead atoms. The number of aryl methyl sites for hydroxylation is 1. The number of carbonyl (C=O) groups is 2. The van der Waals surface area contributed by atoms with Crippen LogP contribution in [0, 0.1) is 5.82 Å². The van der Waals surface area contributed by atoms with E-state index < -0.39 is 11.8 Å². The number of ether oxygens (including phenoxy) is 1. The van der Waals surface area contributed by atoms with Gasteiger partial charge < -0.3 is 10.1 Å². The molecule has 1 N–H and O–H groups in total. The fraction of sp³-hybridized carbons (Fsp3) is 0.222. The maximum atomic E-state index is 13.0. The molecule has 0 saturated heterocycles. The molecule has 0 fully saturated rings. The fourth-order valence-corrected chi connectivity index (χ4v) is 2.59. The van der Waals surface area contributed by atoms with Crippen molar-refractivity contribution < 1.29 is 18.7 Å². The quantitative estimate of drug-likeness (QED) is 0.578. The van der Waals surface area contributed by atoms with E-state index in [2.05, 4.69) is 21.2 Å². The van der Waals surface area contributed by atoms with Gasteiger partial charge in [-0.1, -0.05) is 30.3 Å². The van der Waals surface area contributed by atoms with Crippen molar-refractivity contribution in [1.82, 2.24) is 5.32 Å². The van der Waals surface area contributed by atoms with Gasteiger partial charge in [0, 0.05) is 11.0 Å². The van der Waals surface area contributed by atoms with Crippen LogP contribution in [0.5, 0.6) is 0 Å². The van der Waals surface area contributed by atoms with E-state index in [0.29, 0.717) is 6.54 Å². The molecule has 0 atom stereocenters. The predicted octanol–water partition coefficient (Wildman–Crippen LogP) is 3.49. The second-order valence-electron chi connectivity index (χ2n) is 5.14. The summed E-state index contributed by atoms with van der Waals surface area (Å²) >= 11 is 3.09. The third kappa shape index (κ3) is 5.77. The number of hydrogen-bond acceptors (Lipinski definition) is 3. The molecule has 0 unspecified atom stereocenters. The standard InChI is InChI=1S/C18H17BrFNO3/c19-16-11-14(20)8-9-15(16)18(23)24-12-17(22)21-10-4-7-13-5-2-1-3-6-13/h1-3,5-6,8-9,11H,4,7,10,12H2,(H,21,22). The third-order valence-corrected chi connectivity index (χ3v) is 3.95. The Morgan fingerprint density at radius 3 is 2.58 bits per heavy atom. The van der Waals surface area contributed by atoms with Gasteiger partial charge in [-0.3, -0.25) is 4.79 Å². The molecule has 2 rings (SSSR count). The zero-order valence-electron chi connectivity index (χ0n) is 12.9. The van der Waals surface area contributed by atoms with Gasteiger partial charge in [-0.15, -0.1) is 0 Å². The number of nitrogens with one attached hydrogen (secondary N) is 1. The molecule has 0 aliphatic rings. The van der Waals surface area contributed by atoms with Crippen molar-refractivity contribution in [3.63, 3.8) is 0 Å². The van der Waals surface area contributed by atoms with Crippen LogP contribution in [0.4, 0.5) is 4.39 Å². The summed E-state index contributed by atoms with van der Waals surface area (Å²) in [6, 6.07) is 13.6. The molecule has 0 aromatic heterocycles. The highest BCUT2D eigenvalue weighted by atomic mass is 79.9. The van der Waals surface area contributed by atoms with Crippen LogP contribution in [0.2, 0.25) is 0 Å². The monoisotopic (exact) mass is 393 g/mol. The number of esters is 1. The molecular formula is C18H17BrFNO3. The summed E-state index contributed by atoms with van der Waals surface area (Å²) in [7, 11) is 0. The summed E-state index contributed by atoms with van der Waals surface area (Å²) in [4.78, 5) is 23.5. The molecule has 0 aliphatic carbocycles. The smallest absolute Gasteiger partial charge is 0.339 e. The maximum Gasteiger partial charge on any atom is 0.339 e. The summed E-state index contributed by atoms with van der Waals surface area (Å²) in [6.45, 7) is 0.138. The van der Waals surface area contributed by atoms with Crippen molar-refractivity contribution in [2.75, 3.05) is 13.2 Å². The molecule has 0 saturated carbocycles. The van der Waals surface area contributed by atoms with Gasteiger partial charge in [0.1, 0.15) is 5.82 Å². The Morgan fingerprint density at radius 1 is 1.12 bits per heavy atom. The Balaban J connectivity index is 1.68. The molecule has 126 valence electrons. The predicted molar refractivity (Wildman–Crippen MR) is 92.2 cm³/mol. The number of hydrogen-bond donors (Lipinski definition) is 1. The lowest BCUT2D eigenvalue weighted by Gasteiger charge is -2.08. The summed E-state index contributed by atoms with van der Waals surface area (Å²) in [5, 5.41) is 2.70. The van der Waals surface area contributed by atoms with Crippen molar-refractivity contribution in [3.05, 3.63) is 69.9 Å². The summed E-state index contributed by atoms with van der Waals surface area (Å²) in [5.74, 6) is -1.51. The van der Waals surface area contributed by atoms with Crippen LogP contribution < -0.4 is 5.32 Å². The number of amides is 1. The zero-order chi connectivity index (χ0) is 17.4. The van der Waals surface area contributed by atoms with Crippen LogP contribution in [0.15, 0.2) is 53.0 Å². The molecule has 24 heavy (non-hydrogen) atoms. The Hall–Kier alpha value is -2.21. The van der Waals surface area contributed by atoms with E-state index in [1.54, 1.807) is 0 Å². The highest BCUT2D eigenvalue weighted by Gasteiger charge is 2.13. The van der Waals surface area contributed by atoms with Crippen LogP contribution in [0.3, 0.4) is 0 Å². The van der Waals surface area contributed by atoms with E-state index in [0.717, 1.165) is 18.9 Å². The van der Waals surface area contributed by atoms with Crippen molar-refractivity contribution in [1.29, 1.82) is 0 Å². The summed E-state index contributed by atoms with van der Waals surface area (Å²) in [6.07, 6.45) is 1.66. The molecule has 2 aromatic rings. The Labute approximate surface area is 148 Å². The Morgan fingerprint density at radius 2 is 1.88 bits per heavy atom. The first-order valence-electron chi connectivity index (χ1n) is 7.49. The van der Waals surface area contributed by atoms with Gasteiger partial charge in [0.15, 0.2) is 6.61 Å². The molecule has 0 heterocycles. The largest absolute Gasteiger partial charge is 0.452 e. The molecule has 4 nitrogen and oxygen atoms in total. The Kier molecular flexibility index (Phi) is 6.93. The van der Waals surface area contributed by atoms with Crippen molar-refractivity contribution in [2.45, 2.75) is 12.8 Å². The lowest BCUT2D eigenvalue weighted by molar-refractivity contribution is -0.124. The highest BCUT2D eigenvalue weighted by Crippen LogP contribution is 2.18. The van der Waals surface area contributed by atoms with Gasteiger partial charge >= 0.3 is 5.97 Å². The van der Waals surface area contributed by atoms with E-state index in [-0.39, 0.29) is 22.6 Å². The number of halogens is 2. The van der Waals surface area contributed by atoms with Gasteiger partial charge in [-0.05, 0) is 52.5 Å². The third-order valence-electron chi connectivity index (χ3n) is 3.29. The highest BCUT2D eigenvalue weighted by molar-refractivity contribution is 9.10. The first-order chi connectivity index (χ1) is 11.6. The number of rotatable bonds is 7. The van der Waals surface area contributed by atoms with Crippen LogP contribution >= 0.6 is 15.9 Å².